The molecule has 0 saturated heterocycles. The van der Waals surface area contributed by atoms with Gasteiger partial charge in [0.2, 0.25) is 0 Å². The summed E-state index contributed by atoms with van der Waals surface area (Å²) in [5, 5.41) is 0. The largest absolute Gasteiger partial charge is 1.00 e. The van der Waals surface area contributed by atoms with Crippen LogP contribution in [0.4, 0.5) is 0 Å². The van der Waals surface area contributed by atoms with Gasteiger partial charge in [0.25, 0.3) is 0 Å². The first-order valence-corrected chi connectivity index (χ1v) is 5.82. The molecule has 0 fully saturated rings. The van der Waals surface area contributed by atoms with Crippen molar-refractivity contribution in [3.63, 3.8) is 0 Å². The number of rotatable bonds is 2. The van der Waals surface area contributed by atoms with E-state index in [2.05, 4.69) is 29.2 Å². The van der Waals surface area contributed by atoms with Gasteiger partial charge in [-0.25, -0.2) is 4.98 Å². The first-order chi connectivity index (χ1) is 7.18. The molecule has 1 aromatic carbocycles. The summed E-state index contributed by atoms with van der Waals surface area (Å²) in [6.45, 7) is 4.03. The number of halogens is 1. The van der Waals surface area contributed by atoms with Crippen LogP contribution >= 0.6 is 11.3 Å². The number of hydrogen-bond donors (Lipinski definition) is 1. The van der Waals surface area contributed by atoms with Crippen LogP contribution < -0.4 is 18.1 Å². The van der Waals surface area contributed by atoms with Crippen LogP contribution in [-0.4, -0.2) is 4.98 Å². The van der Waals surface area contributed by atoms with Crippen molar-refractivity contribution in [3.8, 4) is 10.4 Å². The Morgan fingerprint density at radius 3 is 2.38 bits per heavy atom. The van der Waals surface area contributed by atoms with Gasteiger partial charge in [-0.1, -0.05) is 24.3 Å². The molecule has 1 heterocycles. The van der Waals surface area contributed by atoms with E-state index < -0.39 is 0 Å². The predicted octanol–water partition coefficient (Wildman–Crippen LogP) is 0.255. The third-order valence-electron chi connectivity index (χ3n) is 2.44. The van der Waals surface area contributed by atoms with E-state index in [0.29, 0.717) is 0 Å². The molecule has 0 amide bonds. The molecule has 0 bridgehead atoms. The van der Waals surface area contributed by atoms with Gasteiger partial charge in [-0.2, -0.15) is 0 Å². The lowest BCUT2D eigenvalue weighted by Crippen LogP contribution is -3.00. The summed E-state index contributed by atoms with van der Waals surface area (Å²) in [5.74, 6) is 0. The molecule has 0 spiro atoms. The Labute approximate surface area is 107 Å². The molecule has 2 N–H and O–H groups in total. The van der Waals surface area contributed by atoms with Gasteiger partial charge >= 0.3 is 1.43 Å². The van der Waals surface area contributed by atoms with E-state index in [9.17, 15) is 0 Å². The molecule has 2 aromatic rings. The topological polar surface area (TPSA) is 38.9 Å². The van der Waals surface area contributed by atoms with E-state index in [1.807, 2.05) is 19.4 Å². The maximum absolute atomic E-state index is 5.80. The van der Waals surface area contributed by atoms with Crippen molar-refractivity contribution < 1.29 is 13.8 Å². The van der Waals surface area contributed by atoms with E-state index in [0.717, 1.165) is 5.69 Å². The lowest BCUT2D eigenvalue weighted by molar-refractivity contribution is -0.00000326. The number of nitrogens with two attached hydrogens (primary N) is 1. The number of aryl methyl sites for hydroxylation is 1. The number of aromatic nitrogens is 1. The molecule has 0 aliphatic rings. The Hall–Kier alpha value is -0.900. The van der Waals surface area contributed by atoms with E-state index in [1.54, 1.807) is 11.3 Å². The highest BCUT2D eigenvalue weighted by atomic mass is 35.5. The van der Waals surface area contributed by atoms with Crippen LogP contribution in [-0.2, 0) is 0 Å². The van der Waals surface area contributed by atoms with E-state index in [-0.39, 0.29) is 19.9 Å². The zero-order valence-electron chi connectivity index (χ0n) is 10.3. The van der Waals surface area contributed by atoms with Crippen molar-refractivity contribution in [3.05, 3.63) is 41.0 Å². The number of nitrogens with zero attached hydrogens (tertiary/aromatic N) is 1. The normalized spacial score (nSPS) is 11.9. The molecule has 1 unspecified atom stereocenters. The third kappa shape index (κ3) is 2.61. The van der Waals surface area contributed by atoms with Gasteiger partial charge in [-0.3, -0.25) is 0 Å². The molecule has 4 heteroatoms. The minimum Gasteiger partial charge on any atom is -1.00 e. The average Bonchev–Trinajstić information content (AvgIpc) is 2.65. The lowest BCUT2D eigenvalue weighted by Gasteiger charge is -2.06. The lowest BCUT2D eigenvalue weighted by atomic mass is 10.1. The summed E-state index contributed by atoms with van der Waals surface area (Å²) in [7, 11) is 0. The van der Waals surface area contributed by atoms with Gasteiger partial charge in [-0.05, 0) is 25.0 Å². The standard InChI is InChI=1S/C12H14N2S.ClH/c1-8(13)10-3-5-11(6-4-10)12-9(2)14-7-15-12;/h3-8H,13H2,1-2H3;1H. The molecule has 2 rings (SSSR count). The molecular weight excluding hydrogens is 240 g/mol. The number of thiazole rings is 1. The molecule has 0 saturated carbocycles. The Kier molecular flexibility index (Phi) is 4.47. The predicted molar refractivity (Wildman–Crippen MR) is 66.0 cm³/mol. The van der Waals surface area contributed by atoms with Gasteiger partial charge in [0, 0.05) is 6.04 Å². The van der Waals surface area contributed by atoms with Crippen molar-refractivity contribution in [2.45, 2.75) is 19.9 Å². The monoisotopic (exact) mass is 254 g/mol. The van der Waals surface area contributed by atoms with Gasteiger partial charge in [-0.15, -0.1) is 11.3 Å². The van der Waals surface area contributed by atoms with Crippen molar-refractivity contribution in [1.82, 2.24) is 4.98 Å². The van der Waals surface area contributed by atoms with Gasteiger partial charge in [0.1, 0.15) is 0 Å². The van der Waals surface area contributed by atoms with Gasteiger partial charge in [0.15, 0.2) is 0 Å². The van der Waals surface area contributed by atoms with Crippen LogP contribution in [0.3, 0.4) is 0 Å². The fourth-order valence-electron chi connectivity index (χ4n) is 1.52. The average molecular weight is 255 g/mol. The summed E-state index contributed by atoms with van der Waals surface area (Å²) in [6, 6.07) is 8.48. The Morgan fingerprint density at radius 2 is 1.94 bits per heavy atom. The maximum atomic E-state index is 5.80. The molecule has 0 radical (unpaired) electrons. The fourth-order valence-corrected chi connectivity index (χ4v) is 2.33. The van der Waals surface area contributed by atoms with Crippen molar-refractivity contribution in [2.24, 2.45) is 5.73 Å². The van der Waals surface area contributed by atoms with Crippen LogP contribution in [0.2, 0.25) is 0 Å². The molecule has 1 atom stereocenters. The van der Waals surface area contributed by atoms with Gasteiger partial charge in [0.05, 0.1) is 16.1 Å². The first kappa shape index (κ1) is 13.2. The van der Waals surface area contributed by atoms with E-state index in [1.165, 1.54) is 16.0 Å². The van der Waals surface area contributed by atoms with Crippen molar-refractivity contribution in [2.75, 3.05) is 0 Å². The zero-order valence-corrected chi connectivity index (χ0v) is 10.8. The Morgan fingerprint density at radius 1 is 1.31 bits per heavy atom. The summed E-state index contributed by atoms with van der Waals surface area (Å²) < 4.78 is 0. The van der Waals surface area contributed by atoms with Crippen LogP contribution in [0, 0.1) is 6.92 Å². The van der Waals surface area contributed by atoms with E-state index >= 15 is 0 Å². The molecule has 1 aromatic heterocycles. The second kappa shape index (κ2) is 5.43. The molecule has 16 heavy (non-hydrogen) atoms. The second-order valence-electron chi connectivity index (χ2n) is 3.68. The SMILES string of the molecule is Cc1ncsc1-c1ccc(C(C)N)cc1.[Cl-].[H+]. The fraction of sp³-hybridized carbons (Fsp3) is 0.250. The number of benzene rings is 1. The quantitative estimate of drug-likeness (QED) is 0.835. The summed E-state index contributed by atoms with van der Waals surface area (Å²) in [5.41, 5.74) is 11.2. The number of hydrogen-bond acceptors (Lipinski definition) is 3. The molecule has 2 nitrogen and oxygen atoms in total. The molecule has 86 valence electrons. The minimum absolute atomic E-state index is 0. The summed E-state index contributed by atoms with van der Waals surface area (Å²) >= 11 is 1.67. The summed E-state index contributed by atoms with van der Waals surface area (Å²) in [6.07, 6.45) is 0. The molecule has 0 aliphatic heterocycles. The van der Waals surface area contributed by atoms with Crippen LogP contribution in [0.1, 0.15) is 25.6 Å². The van der Waals surface area contributed by atoms with Crippen LogP contribution in [0.5, 0.6) is 0 Å². The Bertz CT molecular complexity index is 454. The van der Waals surface area contributed by atoms with Crippen LogP contribution in [0.15, 0.2) is 29.8 Å². The minimum atomic E-state index is 0. The third-order valence-corrected chi connectivity index (χ3v) is 3.42. The molecule has 0 aliphatic carbocycles. The second-order valence-corrected chi connectivity index (χ2v) is 4.53. The van der Waals surface area contributed by atoms with Crippen molar-refractivity contribution >= 4 is 11.3 Å². The molecular formula is C12H15ClN2S. The first-order valence-electron chi connectivity index (χ1n) is 4.94. The maximum Gasteiger partial charge on any atom is 1.00 e. The zero-order chi connectivity index (χ0) is 10.8. The highest BCUT2D eigenvalue weighted by Crippen LogP contribution is 2.27. The smallest absolute Gasteiger partial charge is 1.00 e. The van der Waals surface area contributed by atoms with E-state index in [4.69, 9.17) is 5.73 Å². The van der Waals surface area contributed by atoms with Crippen molar-refractivity contribution in [1.29, 1.82) is 0 Å². The highest BCUT2D eigenvalue weighted by molar-refractivity contribution is 7.13. The highest BCUT2D eigenvalue weighted by Gasteiger charge is 2.05. The summed E-state index contributed by atoms with van der Waals surface area (Å²) in [4.78, 5) is 5.49. The van der Waals surface area contributed by atoms with Gasteiger partial charge < -0.3 is 18.1 Å². The van der Waals surface area contributed by atoms with Crippen LogP contribution in [0.25, 0.3) is 10.4 Å². The Balaban J connectivity index is 0.00000128.